The minimum absolute atomic E-state index is 0. The fourth-order valence-electron chi connectivity index (χ4n) is 1.70. The molecular weight excluding hydrogens is 345 g/mol. The van der Waals surface area contributed by atoms with E-state index in [2.05, 4.69) is 37.9 Å². The SMILES string of the molecule is CN=C(NCc1noc(C)n1)NC1CC=CC1.I. The van der Waals surface area contributed by atoms with Crippen LogP contribution in [0.4, 0.5) is 0 Å². The topological polar surface area (TPSA) is 75.3 Å². The molecule has 6 nitrogen and oxygen atoms in total. The van der Waals surface area contributed by atoms with Crippen molar-refractivity contribution < 1.29 is 4.52 Å². The standard InChI is InChI=1S/C11H17N5O.HI/c1-8-14-10(16-17-8)7-13-11(12-2)15-9-5-3-4-6-9;/h3-4,9H,5-7H2,1-2H3,(H2,12,13,15);1H. The summed E-state index contributed by atoms with van der Waals surface area (Å²) in [6.45, 7) is 2.28. The highest BCUT2D eigenvalue weighted by Gasteiger charge is 2.12. The highest BCUT2D eigenvalue weighted by Crippen LogP contribution is 2.08. The number of aromatic nitrogens is 2. The third kappa shape index (κ3) is 4.28. The summed E-state index contributed by atoms with van der Waals surface area (Å²) in [5.74, 6) is 1.97. The fraction of sp³-hybridized carbons (Fsp3) is 0.545. The first-order valence-electron chi connectivity index (χ1n) is 5.69. The Labute approximate surface area is 123 Å². The zero-order chi connectivity index (χ0) is 12.1. The smallest absolute Gasteiger partial charge is 0.223 e. The molecule has 0 saturated carbocycles. The Morgan fingerprint density at radius 1 is 1.50 bits per heavy atom. The maximum absolute atomic E-state index is 4.89. The average Bonchev–Trinajstić information content (AvgIpc) is 2.96. The Kier molecular flexibility index (Phi) is 6.10. The lowest BCUT2D eigenvalue weighted by Gasteiger charge is -2.15. The van der Waals surface area contributed by atoms with Crippen LogP contribution < -0.4 is 10.6 Å². The zero-order valence-corrected chi connectivity index (χ0v) is 12.8. The molecule has 0 bridgehead atoms. The summed E-state index contributed by atoms with van der Waals surface area (Å²) in [7, 11) is 1.75. The van der Waals surface area contributed by atoms with Gasteiger partial charge in [0, 0.05) is 20.0 Å². The summed E-state index contributed by atoms with van der Waals surface area (Å²) >= 11 is 0. The molecule has 0 saturated heterocycles. The number of nitrogens with zero attached hydrogens (tertiary/aromatic N) is 3. The van der Waals surface area contributed by atoms with Gasteiger partial charge in [-0.2, -0.15) is 4.98 Å². The van der Waals surface area contributed by atoms with Crippen molar-refractivity contribution in [3.8, 4) is 0 Å². The molecule has 1 aromatic heterocycles. The number of halogens is 1. The summed E-state index contributed by atoms with van der Waals surface area (Å²) in [5, 5.41) is 10.3. The third-order valence-electron chi connectivity index (χ3n) is 2.56. The van der Waals surface area contributed by atoms with Crippen LogP contribution >= 0.6 is 24.0 Å². The Morgan fingerprint density at radius 3 is 2.78 bits per heavy atom. The van der Waals surface area contributed by atoms with Gasteiger partial charge in [0.15, 0.2) is 11.8 Å². The maximum atomic E-state index is 4.89. The van der Waals surface area contributed by atoms with Crippen molar-refractivity contribution in [1.82, 2.24) is 20.8 Å². The van der Waals surface area contributed by atoms with Gasteiger partial charge >= 0.3 is 0 Å². The first kappa shape index (κ1) is 14.9. The number of hydrogen-bond donors (Lipinski definition) is 2. The molecule has 100 valence electrons. The maximum Gasteiger partial charge on any atom is 0.223 e. The molecule has 0 unspecified atom stereocenters. The summed E-state index contributed by atoms with van der Waals surface area (Å²) in [6.07, 6.45) is 6.44. The van der Waals surface area contributed by atoms with Crippen LogP contribution in [0.25, 0.3) is 0 Å². The first-order valence-corrected chi connectivity index (χ1v) is 5.69. The lowest BCUT2D eigenvalue weighted by atomic mass is 10.2. The molecule has 18 heavy (non-hydrogen) atoms. The minimum Gasteiger partial charge on any atom is -0.353 e. The van der Waals surface area contributed by atoms with E-state index >= 15 is 0 Å². The van der Waals surface area contributed by atoms with Crippen LogP contribution in [0.3, 0.4) is 0 Å². The highest BCUT2D eigenvalue weighted by atomic mass is 127. The van der Waals surface area contributed by atoms with E-state index in [1.165, 1.54) is 0 Å². The van der Waals surface area contributed by atoms with Crippen LogP contribution in [0, 0.1) is 6.92 Å². The molecular formula is C11H18IN5O. The van der Waals surface area contributed by atoms with E-state index < -0.39 is 0 Å². The van der Waals surface area contributed by atoms with E-state index in [0.717, 1.165) is 18.8 Å². The molecule has 0 fully saturated rings. The second kappa shape index (κ2) is 7.34. The van der Waals surface area contributed by atoms with E-state index in [9.17, 15) is 0 Å². The molecule has 0 aliphatic heterocycles. The van der Waals surface area contributed by atoms with Crippen LogP contribution in [-0.4, -0.2) is 29.2 Å². The number of aliphatic imine (C=N–C) groups is 1. The molecule has 7 heteroatoms. The number of rotatable bonds is 3. The second-order valence-electron chi connectivity index (χ2n) is 3.94. The van der Waals surface area contributed by atoms with E-state index in [-0.39, 0.29) is 24.0 Å². The third-order valence-corrected chi connectivity index (χ3v) is 2.56. The molecule has 0 amide bonds. The van der Waals surface area contributed by atoms with Gasteiger partial charge in [-0.1, -0.05) is 17.3 Å². The van der Waals surface area contributed by atoms with Gasteiger partial charge in [-0.25, -0.2) is 0 Å². The van der Waals surface area contributed by atoms with Gasteiger partial charge in [0.1, 0.15) is 0 Å². The second-order valence-corrected chi connectivity index (χ2v) is 3.94. The quantitative estimate of drug-likeness (QED) is 0.367. The average molecular weight is 363 g/mol. The predicted octanol–water partition coefficient (Wildman–Crippen LogP) is 1.38. The lowest BCUT2D eigenvalue weighted by molar-refractivity contribution is 0.386. The number of nitrogens with one attached hydrogen (secondary N) is 2. The van der Waals surface area contributed by atoms with Crippen molar-refractivity contribution in [2.75, 3.05) is 7.05 Å². The van der Waals surface area contributed by atoms with Crippen LogP contribution in [-0.2, 0) is 6.54 Å². The summed E-state index contributed by atoms with van der Waals surface area (Å²) < 4.78 is 4.89. The lowest BCUT2D eigenvalue weighted by Crippen LogP contribution is -2.42. The van der Waals surface area contributed by atoms with Crippen molar-refractivity contribution in [3.63, 3.8) is 0 Å². The van der Waals surface area contributed by atoms with Crippen molar-refractivity contribution in [3.05, 3.63) is 23.9 Å². The van der Waals surface area contributed by atoms with Gasteiger partial charge < -0.3 is 15.2 Å². The predicted molar refractivity (Wildman–Crippen MR) is 79.9 cm³/mol. The monoisotopic (exact) mass is 363 g/mol. The molecule has 0 atom stereocenters. The molecule has 1 aliphatic rings. The van der Waals surface area contributed by atoms with Crippen molar-refractivity contribution in [2.24, 2.45) is 4.99 Å². The number of aryl methyl sites for hydroxylation is 1. The molecule has 0 aromatic carbocycles. The Bertz CT molecular complexity index is 421. The van der Waals surface area contributed by atoms with Crippen LogP contribution in [0.1, 0.15) is 24.6 Å². The van der Waals surface area contributed by atoms with Crippen LogP contribution in [0.2, 0.25) is 0 Å². The van der Waals surface area contributed by atoms with Crippen molar-refractivity contribution in [1.29, 1.82) is 0 Å². The Hall–Kier alpha value is -1.12. The molecule has 2 N–H and O–H groups in total. The molecule has 0 radical (unpaired) electrons. The molecule has 1 heterocycles. The van der Waals surface area contributed by atoms with Crippen molar-refractivity contribution in [2.45, 2.75) is 32.4 Å². The van der Waals surface area contributed by atoms with E-state index in [0.29, 0.717) is 24.3 Å². The molecule has 0 spiro atoms. The zero-order valence-electron chi connectivity index (χ0n) is 10.5. The largest absolute Gasteiger partial charge is 0.353 e. The van der Waals surface area contributed by atoms with E-state index in [4.69, 9.17) is 4.52 Å². The summed E-state index contributed by atoms with van der Waals surface area (Å²) in [4.78, 5) is 8.27. The van der Waals surface area contributed by atoms with Gasteiger partial charge in [-0.15, -0.1) is 24.0 Å². The van der Waals surface area contributed by atoms with Gasteiger partial charge in [-0.05, 0) is 12.8 Å². The molecule has 2 rings (SSSR count). The van der Waals surface area contributed by atoms with Gasteiger partial charge in [0.05, 0.1) is 6.54 Å². The number of guanidine groups is 1. The van der Waals surface area contributed by atoms with Crippen molar-refractivity contribution >= 4 is 29.9 Å². The first-order chi connectivity index (χ1) is 8.28. The molecule has 1 aliphatic carbocycles. The Morgan fingerprint density at radius 2 is 2.22 bits per heavy atom. The van der Waals surface area contributed by atoms with Gasteiger partial charge in [0.25, 0.3) is 0 Å². The van der Waals surface area contributed by atoms with E-state index in [1.807, 2.05) is 0 Å². The minimum atomic E-state index is 0. The van der Waals surface area contributed by atoms with Crippen LogP contribution in [0.5, 0.6) is 0 Å². The Balaban J connectivity index is 0.00000162. The van der Waals surface area contributed by atoms with Crippen LogP contribution in [0.15, 0.2) is 21.7 Å². The highest BCUT2D eigenvalue weighted by molar-refractivity contribution is 14.0. The van der Waals surface area contributed by atoms with Gasteiger partial charge in [-0.3, -0.25) is 4.99 Å². The normalized spacial score (nSPS) is 15.6. The van der Waals surface area contributed by atoms with Gasteiger partial charge in [0.2, 0.25) is 5.89 Å². The molecule has 1 aromatic rings. The summed E-state index contributed by atoms with van der Waals surface area (Å²) in [6, 6.07) is 0.438. The van der Waals surface area contributed by atoms with E-state index in [1.54, 1.807) is 14.0 Å². The number of hydrogen-bond acceptors (Lipinski definition) is 4. The fourth-order valence-corrected chi connectivity index (χ4v) is 1.70. The summed E-state index contributed by atoms with van der Waals surface area (Å²) in [5.41, 5.74) is 0.